The van der Waals surface area contributed by atoms with Crippen LogP contribution in [0.15, 0.2) is 12.1 Å². The molecule has 0 unspecified atom stereocenters. The highest BCUT2D eigenvalue weighted by Gasteiger charge is 2.33. The lowest BCUT2D eigenvalue weighted by atomic mass is 10.0. The lowest BCUT2D eigenvalue weighted by Crippen LogP contribution is -2.44. The number of hydrogen-bond donors (Lipinski definition) is 0. The second-order valence-corrected chi connectivity index (χ2v) is 7.31. The third kappa shape index (κ3) is 5.67. The number of unbranched alkanes of at least 4 members (excludes halogenated alkanes) is 1. The molecule has 0 aromatic heterocycles. The fourth-order valence-corrected chi connectivity index (χ4v) is 3.41. The summed E-state index contributed by atoms with van der Waals surface area (Å²) in [5, 5.41) is 0. The molecule has 0 amide bonds. The average Bonchev–Trinajstić information content (AvgIpc) is 2.69. The second kappa shape index (κ2) is 9.87. The molecule has 4 nitrogen and oxygen atoms in total. The van der Waals surface area contributed by atoms with Gasteiger partial charge in [-0.3, -0.25) is 0 Å². The maximum absolute atomic E-state index is 13.3. The predicted octanol–water partition coefficient (Wildman–Crippen LogP) is 4.20. The van der Waals surface area contributed by atoms with Crippen molar-refractivity contribution >= 4 is 0 Å². The van der Waals surface area contributed by atoms with E-state index in [1.165, 1.54) is 12.8 Å². The highest BCUT2D eigenvalue weighted by atomic mass is 19.2. The number of aryl methyl sites for hydroxylation is 1. The van der Waals surface area contributed by atoms with E-state index in [4.69, 9.17) is 18.9 Å². The molecular formula is C20H27F3O4. The topological polar surface area (TPSA) is 36.9 Å². The van der Waals surface area contributed by atoms with Crippen LogP contribution < -0.4 is 0 Å². The summed E-state index contributed by atoms with van der Waals surface area (Å²) in [6.45, 7) is 4.46. The largest absolute Gasteiger partial charge is 0.352 e. The van der Waals surface area contributed by atoms with Gasteiger partial charge in [-0.15, -0.1) is 0 Å². The first-order valence-corrected chi connectivity index (χ1v) is 9.66. The van der Waals surface area contributed by atoms with Crippen molar-refractivity contribution in [1.29, 1.82) is 0 Å². The van der Waals surface area contributed by atoms with Crippen LogP contribution in [0.5, 0.6) is 0 Å². The van der Waals surface area contributed by atoms with Gasteiger partial charge in [0.05, 0.1) is 32.3 Å². The highest BCUT2D eigenvalue weighted by Crippen LogP contribution is 2.26. The van der Waals surface area contributed by atoms with E-state index >= 15 is 0 Å². The minimum absolute atomic E-state index is 0.00841. The third-order valence-electron chi connectivity index (χ3n) is 5.05. The van der Waals surface area contributed by atoms with Crippen molar-refractivity contribution in [3.63, 3.8) is 0 Å². The van der Waals surface area contributed by atoms with Gasteiger partial charge in [0.25, 0.3) is 0 Å². The minimum atomic E-state index is -1.45. The number of benzene rings is 1. The SMILES string of the molecule is CCCC[C@H]1CO[C@H]([C@H]2CO[C@H](CCc3cc(F)c(F)c(F)c3)OC2)OC1. The molecule has 1 aromatic carbocycles. The Hall–Kier alpha value is -1.15. The van der Waals surface area contributed by atoms with Gasteiger partial charge >= 0.3 is 0 Å². The van der Waals surface area contributed by atoms with Gasteiger partial charge in [0.1, 0.15) is 0 Å². The van der Waals surface area contributed by atoms with Crippen LogP contribution in [0.3, 0.4) is 0 Å². The number of halogens is 3. The smallest absolute Gasteiger partial charge is 0.194 e. The lowest BCUT2D eigenvalue weighted by molar-refractivity contribution is -0.281. The van der Waals surface area contributed by atoms with E-state index in [-0.39, 0.29) is 12.2 Å². The molecule has 152 valence electrons. The predicted molar refractivity (Wildman–Crippen MR) is 92.5 cm³/mol. The van der Waals surface area contributed by atoms with E-state index < -0.39 is 23.7 Å². The van der Waals surface area contributed by atoms with Crippen LogP contribution in [0, 0.1) is 29.3 Å². The molecule has 0 radical (unpaired) electrons. The molecule has 2 heterocycles. The summed E-state index contributed by atoms with van der Waals surface area (Å²) in [5.74, 6) is -3.35. The zero-order valence-corrected chi connectivity index (χ0v) is 15.6. The molecule has 2 aliphatic heterocycles. The third-order valence-corrected chi connectivity index (χ3v) is 5.05. The molecule has 7 heteroatoms. The van der Waals surface area contributed by atoms with Crippen LogP contribution >= 0.6 is 0 Å². The van der Waals surface area contributed by atoms with Gasteiger partial charge in [0.15, 0.2) is 30.0 Å². The fraction of sp³-hybridized carbons (Fsp3) is 0.700. The Bertz CT molecular complexity index is 574. The van der Waals surface area contributed by atoms with Crippen LogP contribution in [0.2, 0.25) is 0 Å². The normalized spacial score (nSPS) is 29.0. The van der Waals surface area contributed by atoms with Crippen molar-refractivity contribution in [2.45, 2.75) is 51.6 Å². The van der Waals surface area contributed by atoms with E-state index in [0.29, 0.717) is 50.8 Å². The van der Waals surface area contributed by atoms with Crippen molar-refractivity contribution in [1.82, 2.24) is 0 Å². The van der Waals surface area contributed by atoms with Gasteiger partial charge in [0, 0.05) is 12.3 Å². The molecule has 2 aliphatic rings. The van der Waals surface area contributed by atoms with Gasteiger partial charge in [-0.05, 0) is 30.5 Å². The Morgan fingerprint density at radius 1 is 0.889 bits per heavy atom. The molecular weight excluding hydrogens is 361 g/mol. The molecule has 0 spiro atoms. The lowest BCUT2D eigenvalue weighted by Gasteiger charge is -2.37. The van der Waals surface area contributed by atoms with Crippen LogP contribution in [-0.4, -0.2) is 39.0 Å². The van der Waals surface area contributed by atoms with Crippen LogP contribution in [0.4, 0.5) is 13.2 Å². The molecule has 0 N–H and O–H groups in total. The Kier molecular flexibility index (Phi) is 7.52. The quantitative estimate of drug-likeness (QED) is 0.656. The molecule has 0 aliphatic carbocycles. The van der Waals surface area contributed by atoms with Crippen LogP contribution in [0.1, 0.15) is 38.2 Å². The molecule has 3 rings (SSSR count). The maximum Gasteiger partial charge on any atom is 0.194 e. The molecule has 27 heavy (non-hydrogen) atoms. The van der Waals surface area contributed by atoms with Gasteiger partial charge < -0.3 is 18.9 Å². The van der Waals surface area contributed by atoms with Crippen molar-refractivity contribution < 1.29 is 32.1 Å². The zero-order valence-electron chi connectivity index (χ0n) is 15.6. The summed E-state index contributed by atoms with van der Waals surface area (Å²) in [6, 6.07) is 2.01. The molecule has 2 saturated heterocycles. The van der Waals surface area contributed by atoms with Gasteiger partial charge in [0.2, 0.25) is 0 Å². The number of hydrogen-bond acceptors (Lipinski definition) is 4. The van der Waals surface area contributed by atoms with Crippen LogP contribution in [0.25, 0.3) is 0 Å². The van der Waals surface area contributed by atoms with E-state index in [1.807, 2.05) is 0 Å². The molecule has 0 bridgehead atoms. The van der Waals surface area contributed by atoms with Gasteiger partial charge in [-0.25, -0.2) is 13.2 Å². The van der Waals surface area contributed by atoms with Crippen molar-refractivity contribution in [3.8, 4) is 0 Å². The summed E-state index contributed by atoms with van der Waals surface area (Å²) in [5.41, 5.74) is 0.373. The molecule has 1 aromatic rings. The monoisotopic (exact) mass is 388 g/mol. The Morgan fingerprint density at radius 2 is 1.52 bits per heavy atom. The van der Waals surface area contributed by atoms with E-state index in [2.05, 4.69) is 6.92 Å². The first-order chi connectivity index (χ1) is 13.1. The number of ether oxygens (including phenoxy) is 4. The van der Waals surface area contributed by atoms with Crippen molar-refractivity contribution in [2.24, 2.45) is 11.8 Å². The summed E-state index contributed by atoms with van der Waals surface area (Å²) < 4.78 is 62.5. The number of rotatable bonds is 7. The Balaban J connectivity index is 1.38. The Labute approximate surface area is 157 Å². The van der Waals surface area contributed by atoms with Gasteiger partial charge in [-0.2, -0.15) is 0 Å². The average molecular weight is 388 g/mol. The van der Waals surface area contributed by atoms with Crippen molar-refractivity contribution in [2.75, 3.05) is 26.4 Å². The zero-order chi connectivity index (χ0) is 19.2. The summed E-state index contributed by atoms with van der Waals surface area (Å²) in [4.78, 5) is 0. The summed E-state index contributed by atoms with van der Waals surface area (Å²) in [6.07, 6.45) is 3.46. The standard InChI is InChI=1S/C20H27F3O4/c1-2-3-4-14-9-26-20(27-10-14)15-11-24-18(25-12-15)6-5-13-7-16(21)19(23)17(22)8-13/h7-8,14-15,18,20H,2-6,9-12H2,1H3/t14-,15-,18-,20-. The van der Waals surface area contributed by atoms with Crippen molar-refractivity contribution in [3.05, 3.63) is 35.1 Å². The van der Waals surface area contributed by atoms with Gasteiger partial charge in [-0.1, -0.05) is 19.8 Å². The molecule has 0 saturated carbocycles. The fourth-order valence-electron chi connectivity index (χ4n) is 3.41. The first kappa shape index (κ1) is 20.6. The maximum atomic E-state index is 13.3. The van der Waals surface area contributed by atoms with Crippen LogP contribution in [-0.2, 0) is 25.4 Å². The molecule has 2 fully saturated rings. The first-order valence-electron chi connectivity index (χ1n) is 9.66. The van der Waals surface area contributed by atoms with E-state index in [1.54, 1.807) is 0 Å². The highest BCUT2D eigenvalue weighted by molar-refractivity contribution is 5.19. The molecule has 0 atom stereocenters. The summed E-state index contributed by atoms with van der Waals surface area (Å²) in [7, 11) is 0. The summed E-state index contributed by atoms with van der Waals surface area (Å²) >= 11 is 0. The second-order valence-electron chi connectivity index (χ2n) is 7.31. The van der Waals surface area contributed by atoms with E-state index in [0.717, 1.165) is 18.6 Å². The van der Waals surface area contributed by atoms with E-state index in [9.17, 15) is 13.2 Å². The minimum Gasteiger partial charge on any atom is -0.352 e. The Morgan fingerprint density at radius 3 is 2.11 bits per heavy atom.